The lowest BCUT2D eigenvalue weighted by atomic mass is 9.97. The van der Waals surface area contributed by atoms with E-state index < -0.39 is 0 Å². The summed E-state index contributed by atoms with van der Waals surface area (Å²) in [5.74, 6) is 0.752. The maximum Gasteiger partial charge on any atom is 0.0244 e. The van der Waals surface area contributed by atoms with Gasteiger partial charge in [0, 0.05) is 11.4 Å². The van der Waals surface area contributed by atoms with Gasteiger partial charge in [-0.1, -0.05) is 18.2 Å². The molecule has 1 aliphatic heterocycles. The van der Waals surface area contributed by atoms with E-state index >= 15 is 0 Å². The van der Waals surface area contributed by atoms with Gasteiger partial charge in [0.2, 0.25) is 0 Å². The molecule has 2 nitrogen and oxygen atoms in total. The molecule has 1 heterocycles. The Balaban J connectivity index is 1.93. The second kappa shape index (κ2) is 6.43. The molecule has 0 amide bonds. The number of rotatable bonds is 4. The molecule has 0 atom stereocenters. The highest BCUT2D eigenvalue weighted by atomic mass is 32.2. The van der Waals surface area contributed by atoms with Crippen LogP contribution < -0.4 is 5.73 Å². The minimum absolute atomic E-state index is 0.752. The summed E-state index contributed by atoms with van der Waals surface area (Å²) in [4.78, 5) is 3.97. The highest BCUT2D eigenvalue weighted by molar-refractivity contribution is 7.98. The van der Waals surface area contributed by atoms with Crippen LogP contribution in [0.15, 0.2) is 29.2 Å². The van der Waals surface area contributed by atoms with Crippen molar-refractivity contribution in [3.8, 4) is 0 Å². The molecule has 1 aromatic rings. The van der Waals surface area contributed by atoms with Gasteiger partial charge in [-0.3, -0.25) is 4.90 Å². The summed E-state index contributed by atoms with van der Waals surface area (Å²) in [6, 6.07) is 8.73. The van der Waals surface area contributed by atoms with Gasteiger partial charge in [-0.25, -0.2) is 0 Å². The molecule has 17 heavy (non-hydrogen) atoms. The number of likely N-dealkylation sites (tertiary alicyclic amines) is 1. The van der Waals surface area contributed by atoms with Crippen LogP contribution in [0, 0.1) is 5.92 Å². The van der Waals surface area contributed by atoms with Crippen LogP contribution >= 0.6 is 11.8 Å². The smallest absolute Gasteiger partial charge is 0.0244 e. The molecule has 1 saturated heterocycles. The van der Waals surface area contributed by atoms with Crippen molar-refractivity contribution in [2.75, 3.05) is 25.9 Å². The van der Waals surface area contributed by atoms with Gasteiger partial charge in [0.05, 0.1) is 0 Å². The number of thioether (sulfide) groups is 1. The molecule has 1 fully saturated rings. The monoisotopic (exact) mass is 250 g/mol. The normalized spacial score (nSPS) is 18.5. The molecule has 0 spiro atoms. The summed E-state index contributed by atoms with van der Waals surface area (Å²) in [6.45, 7) is 4.35. The van der Waals surface area contributed by atoms with E-state index in [-0.39, 0.29) is 0 Å². The van der Waals surface area contributed by atoms with Gasteiger partial charge in [-0.05, 0) is 56.3 Å². The van der Waals surface area contributed by atoms with Crippen LogP contribution in [0.4, 0.5) is 0 Å². The zero-order chi connectivity index (χ0) is 12.1. The van der Waals surface area contributed by atoms with E-state index in [9.17, 15) is 0 Å². The Labute approximate surface area is 109 Å². The average molecular weight is 250 g/mol. The first-order valence-electron chi connectivity index (χ1n) is 6.37. The lowest BCUT2D eigenvalue weighted by Gasteiger charge is -2.31. The van der Waals surface area contributed by atoms with Crippen LogP contribution in [0.2, 0.25) is 0 Å². The number of hydrogen-bond acceptors (Lipinski definition) is 3. The predicted octanol–water partition coefficient (Wildman–Crippen LogP) is 2.58. The molecule has 2 N–H and O–H groups in total. The Morgan fingerprint density at radius 2 is 2.00 bits per heavy atom. The van der Waals surface area contributed by atoms with E-state index in [2.05, 4.69) is 35.4 Å². The van der Waals surface area contributed by atoms with Crippen LogP contribution in [0.3, 0.4) is 0 Å². The first kappa shape index (κ1) is 12.9. The molecule has 2 rings (SSSR count). The van der Waals surface area contributed by atoms with Crippen LogP contribution in [-0.2, 0) is 6.54 Å². The standard InChI is InChI=1S/C14H22N2S/c1-17-14-5-3-2-4-13(14)11-16-8-6-12(10-15)7-9-16/h2-5,12H,6-11,15H2,1H3. The molecule has 0 aliphatic carbocycles. The largest absolute Gasteiger partial charge is 0.330 e. The predicted molar refractivity (Wildman–Crippen MR) is 75.3 cm³/mol. The van der Waals surface area contributed by atoms with Crippen molar-refractivity contribution in [3.63, 3.8) is 0 Å². The Morgan fingerprint density at radius 3 is 2.65 bits per heavy atom. The van der Waals surface area contributed by atoms with Gasteiger partial charge < -0.3 is 5.73 Å². The Kier molecular flexibility index (Phi) is 4.89. The van der Waals surface area contributed by atoms with E-state index in [1.165, 1.54) is 36.4 Å². The summed E-state index contributed by atoms with van der Waals surface area (Å²) < 4.78 is 0. The molecule has 0 bridgehead atoms. The van der Waals surface area contributed by atoms with Crippen molar-refractivity contribution in [2.24, 2.45) is 11.7 Å². The number of benzene rings is 1. The summed E-state index contributed by atoms with van der Waals surface area (Å²) >= 11 is 1.84. The minimum atomic E-state index is 0.752. The fourth-order valence-corrected chi connectivity index (χ4v) is 3.06. The fraction of sp³-hybridized carbons (Fsp3) is 0.571. The van der Waals surface area contributed by atoms with Crippen molar-refractivity contribution >= 4 is 11.8 Å². The Bertz CT molecular complexity index is 346. The summed E-state index contributed by atoms with van der Waals surface area (Å²) in [5.41, 5.74) is 7.19. The van der Waals surface area contributed by atoms with Crippen molar-refractivity contribution in [2.45, 2.75) is 24.3 Å². The zero-order valence-corrected chi connectivity index (χ0v) is 11.4. The van der Waals surface area contributed by atoms with Gasteiger partial charge in [0.1, 0.15) is 0 Å². The second-order valence-electron chi connectivity index (χ2n) is 4.77. The van der Waals surface area contributed by atoms with E-state index in [1.807, 2.05) is 11.8 Å². The third kappa shape index (κ3) is 3.47. The van der Waals surface area contributed by atoms with E-state index in [0.717, 1.165) is 19.0 Å². The first-order chi connectivity index (χ1) is 8.33. The van der Waals surface area contributed by atoms with Crippen molar-refractivity contribution in [3.05, 3.63) is 29.8 Å². The topological polar surface area (TPSA) is 29.3 Å². The third-order valence-corrected chi connectivity index (χ3v) is 4.47. The highest BCUT2D eigenvalue weighted by Crippen LogP contribution is 2.23. The minimum Gasteiger partial charge on any atom is -0.330 e. The van der Waals surface area contributed by atoms with E-state index in [4.69, 9.17) is 5.73 Å². The summed E-state index contributed by atoms with van der Waals surface area (Å²) in [6.07, 6.45) is 4.68. The molecule has 0 unspecified atom stereocenters. The lowest BCUT2D eigenvalue weighted by molar-refractivity contribution is 0.179. The van der Waals surface area contributed by atoms with Gasteiger partial charge in [-0.15, -0.1) is 11.8 Å². The molecule has 0 saturated carbocycles. The molecular weight excluding hydrogens is 228 g/mol. The Hall–Kier alpha value is -0.510. The summed E-state index contributed by atoms with van der Waals surface area (Å²) in [5, 5.41) is 0. The molecule has 0 aromatic heterocycles. The zero-order valence-electron chi connectivity index (χ0n) is 10.6. The molecule has 3 heteroatoms. The van der Waals surface area contributed by atoms with Crippen molar-refractivity contribution < 1.29 is 0 Å². The van der Waals surface area contributed by atoms with Gasteiger partial charge in [0.15, 0.2) is 0 Å². The second-order valence-corrected chi connectivity index (χ2v) is 5.62. The SMILES string of the molecule is CSc1ccccc1CN1CCC(CN)CC1. The molecule has 1 aromatic carbocycles. The molecular formula is C14H22N2S. The van der Waals surface area contributed by atoms with Gasteiger partial charge in [0.25, 0.3) is 0 Å². The molecule has 0 radical (unpaired) electrons. The van der Waals surface area contributed by atoms with Crippen LogP contribution in [-0.4, -0.2) is 30.8 Å². The van der Waals surface area contributed by atoms with Crippen LogP contribution in [0.1, 0.15) is 18.4 Å². The Morgan fingerprint density at radius 1 is 1.29 bits per heavy atom. The van der Waals surface area contributed by atoms with Crippen molar-refractivity contribution in [1.29, 1.82) is 0 Å². The molecule has 1 aliphatic rings. The number of hydrogen-bond donors (Lipinski definition) is 1. The third-order valence-electron chi connectivity index (χ3n) is 3.63. The highest BCUT2D eigenvalue weighted by Gasteiger charge is 2.18. The maximum atomic E-state index is 5.73. The number of piperidine rings is 1. The van der Waals surface area contributed by atoms with E-state index in [1.54, 1.807) is 0 Å². The average Bonchev–Trinajstić information content (AvgIpc) is 2.40. The fourth-order valence-electron chi connectivity index (χ4n) is 2.45. The first-order valence-corrected chi connectivity index (χ1v) is 7.60. The quantitative estimate of drug-likeness (QED) is 0.833. The van der Waals surface area contributed by atoms with Crippen LogP contribution in [0.5, 0.6) is 0 Å². The van der Waals surface area contributed by atoms with Gasteiger partial charge in [-0.2, -0.15) is 0 Å². The van der Waals surface area contributed by atoms with Crippen molar-refractivity contribution in [1.82, 2.24) is 4.90 Å². The number of nitrogens with zero attached hydrogens (tertiary/aromatic N) is 1. The lowest BCUT2D eigenvalue weighted by Crippen LogP contribution is -2.35. The molecule has 94 valence electrons. The maximum absolute atomic E-state index is 5.73. The number of nitrogens with two attached hydrogens (primary N) is 1. The van der Waals surface area contributed by atoms with Crippen LogP contribution in [0.25, 0.3) is 0 Å². The van der Waals surface area contributed by atoms with Gasteiger partial charge >= 0.3 is 0 Å². The van der Waals surface area contributed by atoms with E-state index in [0.29, 0.717) is 0 Å². The summed E-state index contributed by atoms with van der Waals surface area (Å²) in [7, 11) is 0.